The predicted molar refractivity (Wildman–Crippen MR) is 71.2 cm³/mol. The van der Waals surface area contributed by atoms with Crippen LogP contribution in [0.3, 0.4) is 0 Å². The second-order valence-electron chi connectivity index (χ2n) is 5.30. The second kappa shape index (κ2) is 4.88. The highest BCUT2D eigenvalue weighted by molar-refractivity contribution is 5.29. The zero-order valence-electron chi connectivity index (χ0n) is 11.4. The lowest BCUT2D eigenvalue weighted by molar-refractivity contribution is -0.0722. The third-order valence-electron chi connectivity index (χ3n) is 4.57. The Morgan fingerprint density at radius 1 is 1.39 bits per heavy atom. The van der Waals surface area contributed by atoms with E-state index in [-0.39, 0.29) is 23.4 Å². The van der Waals surface area contributed by atoms with Crippen LogP contribution in [0.4, 0.5) is 4.39 Å². The van der Waals surface area contributed by atoms with E-state index in [9.17, 15) is 4.39 Å². The molecule has 1 aromatic carbocycles. The van der Waals surface area contributed by atoms with Gasteiger partial charge < -0.3 is 10.5 Å². The molecule has 2 N–H and O–H groups in total. The summed E-state index contributed by atoms with van der Waals surface area (Å²) in [7, 11) is 0. The van der Waals surface area contributed by atoms with Gasteiger partial charge in [0.25, 0.3) is 0 Å². The molecule has 0 bridgehead atoms. The van der Waals surface area contributed by atoms with Crippen LogP contribution in [0.25, 0.3) is 0 Å². The van der Waals surface area contributed by atoms with Crippen LogP contribution in [-0.2, 0) is 0 Å². The van der Waals surface area contributed by atoms with E-state index in [1.54, 1.807) is 19.1 Å². The van der Waals surface area contributed by atoms with E-state index in [0.717, 1.165) is 25.0 Å². The fourth-order valence-electron chi connectivity index (χ4n) is 3.03. The molecule has 0 aliphatic heterocycles. The first-order valence-electron chi connectivity index (χ1n) is 6.72. The Balaban J connectivity index is 2.12. The Morgan fingerprint density at radius 2 is 2.06 bits per heavy atom. The molecule has 2 nitrogen and oxygen atoms in total. The summed E-state index contributed by atoms with van der Waals surface area (Å²) >= 11 is 0. The number of hydrogen-bond acceptors (Lipinski definition) is 2. The number of ether oxygens (including phenoxy) is 1. The van der Waals surface area contributed by atoms with E-state index in [1.165, 1.54) is 6.07 Å². The van der Waals surface area contributed by atoms with E-state index in [0.29, 0.717) is 5.56 Å². The SMILES string of the molecule is CCC1(CC)C(N)CC1Oc1ccc(F)c(C)c1. The van der Waals surface area contributed by atoms with Crippen molar-refractivity contribution in [2.45, 2.75) is 52.2 Å². The summed E-state index contributed by atoms with van der Waals surface area (Å²) < 4.78 is 19.2. The molecule has 1 fully saturated rings. The maximum Gasteiger partial charge on any atom is 0.126 e. The molecule has 1 aliphatic carbocycles. The Bertz CT molecular complexity index is 429. The first kappa shape index (κ1) is 13.3. The average Bonchev–Trinajstić information content (AvgIpc) is 2.35. The van der Waals surface area contributed by atoms with Gasteiger partial charge in [0.1, 0.15) is 17.7 Å². The van der Waals surface area contributed by atoms with Gasteiger partial charge in [0.15, 0.2) is 0 Å². The molecule has 0 aromatic heterocycles. The summed E-state index contributed by atoms with van der Waals surface area (Å²) in [5.41, 5.74) is 6.84. The largest absolute Gasteiger partial charge is 0.490 e. The topological polar surface area (TPSA) is 35.2 Å². The normalized spacial score (nSPS) is 25.6. The maximum absolute atomic E-state index is 13.2. The maximum atomic E-state index is 13.2. The third kappa shape index (κ3) is 2.01. The standard InChI is InChI=1S/C15H22FNO/c1-4-15(5-2)13(17)9-14(15)18-11-6-7-12(16)10(3)8-11/h6-8,13-14H,4-5,9,17H2,1-3H3. The van der Waals surface area contributed by atoms with Crippen LogP contribution in [0.2, 0.25) is 0 Å². The van der Waals surface area contributed by atoms with Crippen LogP contribution < -0.4 is 10.5 Å². The molecule has 1 aliphatic rings. The molecule has 2 atom stereocenters. The fraction of sp³-hybridized carbons (Fsp3) is 0.600. The van der Waals surface area contributed by atoms with Crippen molar-refractivity contribution in [1.82, 2.24) is 0 Å². The lowest BCUT2D eigenvalue weighted by atomic mass is 9.59. The number of halogens is 1. The molecule has 0 radical (unpaired) electrons. The van der Waals surface area contributed by atoms with E-state index in [2.05, 4.69) is 13.8 Å². The molecule has 0 heterocycles. The number of benzene rings is 1. The minimum Gasteiger partial charge on any atom is -0.490 e. The Hall–Kier alpha value is -1.09. The molecule has 2 rings (SSSR count). The molecule has 0 spiro atoms. The predicted octanol–water partition coefficient (Wildman–Crippen LogP) is 3.42. The molecule has 2 unspecified atom stereocenters. The van der Waals surface area contributed by atoms with Crippen LogP contribution >= 0.6 is 0 Å². The van der Waals surface area contributed by atoms with Crippen LogP contribution in [0.5, 0.6) is 5.75 Å². The van der Waals surface area contributed by atoms with Crippen molar-refractivity contribution in [2.24, 2.45) is 11.1 Å². The van der Waals surface area contributed by atoms with Crippen molar-refractivity contribution in [3.63, 3.8) is 0 Å². The van der Waals surface area contributed by atoms with Crippen molar-refractivity contribution >= 4 is 0 Å². The van der Waals surface area contributed by atoms with Crippen molar-refractivity contribution in [2.75, 3.05) is 0 Å². The summed E-state index contributed by atoms with van der Waals surface area (Å²) in [5.74, 6) is 0.557. The molecular formula is C15H22FNO. The molecule has 3 heteroatoms. The van der Waals surface area contributed by atoms with Crippen LogP contribution in [0.1, 0.15) is 38.7 Å². The Labute approximate surface area is 108 Å². The highest BCUT2D eigenvalue weighted by atomic mass is 19.1. The van der Waals surface area contributed by atoms with Gasteiger partial charge in [-0.3, -0.25) is 0 Å². The van der Waals surface area contributed by atoms with Gasteiger partial charge in [0, 0.05) is 17.9 Å². The van der Waals surface area contributed by atoms with Gasteiger partial charge in [0.05, 0.1) is 0 Å². The van der Waals surface area contributed by atoms with Crippen molar-refractivity contribution in [3.8, 4) is 5.75 Å². The molecule has 100 valence electrons. The van der Waals surface area contributed by atoms with Crippen LogP contribution in [-0.4, -0.2) is 12.1 Å². The molecule has 0 amide bonds. The van der Waals surface area contributed by atoms with Gasteiger partial charge in [-0.15, -0.1) is 0 Å². The van der Waals surface area contributed by atoms with Gasteiger partial charge in [-0.25, -0.2) is 4.39 Å². The number of nitrogens with two attached hydrogens (primary N) is 1. The van der Waals surface area contributed by atoms with E-state index in [4.69, 9.17) is 10.5 Å². The van der Waals surface area contributed by atoms with E-state index >= 15 is 0 Å². The summed E-state index contributed by atoms with van der Waals surface area (Å²) in [6.07, 6.45) is 3.09. The average molecular weight is 251 g/mol. The molecule has 1 saturated carbocycles. The highest BCUT2D eigenvalue weighted by Gasteiger charge is 2.52. The fourth-order valence-corrected chi connectivity index (χ4v) is 3.03. The molecule has 18 heavy (non-hydrogen) atoms. The highest BCUT2D eigenvalue weighted by Crippen LogP contribution is 2.47. The molecule has 1 aromatic rings. The molecular weight excluding hydrogens is 229 g/mol. The lowest BCUT2D eigenvalue weighted by Crippen LogP contribution is -2.62. The smallest absolute Gasteiger partial charge is 0.126 e. The minimum atomic E-state index is -0.190. The number of aryl methyl sites for hydroxylation is 1. The Kier molecular flexibility index (Phi) is 3.62. The third-order valence-corrected chi connectivity index (χ3v) is 4.57. The van der Waals surface area contributed by atoms with Crippen molar-refractivity contribution < 1.29 is 9.13 Å². The summed E-state index contributed by atoms with van der Waals surface area (Å²) in [4.78, 5) is 0. The Morgan fingerprint density at radius 3 is 2.56 bits per heavy atom. The van der Waals surface area contributed by atoms with Crippen LogP contribution in [0, 0.1) is 18.2 Å². The quantitative estimate of drug-likeness (QED) is 0.890. The van der Waals surface area contributed by atoms with Crippen molar-refractivity contribution in [3.05, 3.63) is 29.6 Å². The van der Waals surface area contributed by atoms with Gasteiger partial charge >= 0.3 is 0 Å². The van der Waals surface area contributed by atoms with Gasteiger partial charge in [-0.05, 0) is 43.5 Å². The first-order valence-corrected chi connectivity index (χ1v) is 6.72. The molecule has 0 saturated heterocycles. The van der Waals surface area contributed by atoms with E-state index < -0.39 is 0 Å². The summed E-state index contributed by atoms with van der Waals surface area (Å²) in [6.45, 7) is 6.07. The summed E-state index contributed by atoms with van der Waals surface area (Å²) in [6, 6.07) is 5.14. The van der Waals surface area contributed by atoms with Crippen molar-refractivity contribution in [1.29, 1.82) is 0 Å². The first-order chi connectivity index (χ1) is 8.53. The monoisotopic (exact) mass is 251 g/mol. The van der Waals surface area contributed by atoms with Crippen LogP contribution in [0.15, 0.2) is 18.2 Å². The zero-order chi connectivity index (χ0) is 13.3. The van der Waals surface area contributed by atoms with E-state index in [1.807, 2.05) is 0 Å². The minimum absolute atomic E-state index is 0.0856. The number of hydrogen-bond donors (Lipinski definition) is 1. The zero-order valence-corrected chi connectivity index (χ0v) is 11.4. The summed E-state index contributed by atoms with van der Waals surface area (Å²) in [5, 5.41) is 0. The number of rotatable bonds is 4. The van der Waals surface area contributed by atoms with Gasteiger partial charge in [-0.2, -0.15) is 0 Å². The lowest BCUT2D eigenvalue weighted by Gasteiger charge is -2.53. The van der Waals surface area contributed by atoms with Gasteiger partial charge in [0.2, 0.25) is 0 Å². The second-order valence-corrected chi connectivity index (χ2v) is 5.30. The van der Waals surface area contributed by atoms with Gasteiger partial charge in [-0.1, -0.05) is 13.8 Å².